The lowest BCUT2D eigenvalue weighted by molar-refractivity contribution is -0.115. The number of sulfonamides is 1. The van der Waals surface area contributed by atoms with Crippen LogP contribution in [0.25, 0.3) is 0 Å². The highest BCUT2D eigenvalue weighted by Gasteiger charge is 2.30. The molecule has 11 heteroatoms. The lowest BCUT2D eigenvalue weighted by atomic mass is 10.0. The summed E-state index contributed by atoms with van der Waals surface area (Å²) >= 11 is 0. The first kappa shape index (κ1) is 24.7. The SMILES string of the molecule is CC[C@H](C)NC(=O)O[C@@H]1CC[C@H](c2cc(NC(=O)Cc3ccccc3S(=O)(=O)NC)n[nH]2)C1. The van der Waals surface area contributed by atoms with Gasteiger partial charge < -0.3 is 15.4 Å². The molecule has 0 aliphatic heterocycles. The summed E-state index contributed by atoms with van der Waals surface area (Å²) in [5.41, 5.74) is 1.25. The van der Waals surface area contributed by atoms with E-state index in [0.29, 0.717) is 17.8 Å². The van der Waals surface area contributed by atoms with E-state index in [1.807, 2.05) is 13.8 Å². The summed E-state index contributed by atoms with van der Waals surface area (Å²) in [7, 11) is -2.34. The molecule has 1 aromatic heterocycles. The lowest BCUT2D eigenvalue weighted by Crippen LogP contribution is -2.34. The number of anilines is 1. The number of ether oxygens (including phenoxy) is 1. The highest BCUT2D eigenvalue weighted by Crippen LogP contribution is 2.35. The normalized spacial score (nSPS) is 19.1. The van der Waals surface area contributed by atoms with Crippen molar-refractivity contribution >= 4 is 27.8 Å². The van der Waals surface area contributed by atoms with Crippen molar-refractivity contribution in [2.24, 2.45) is 0 Å². The minimum absolute atomic E-state index is 0.0683. The number of H-pyrrole nitrogens is 1. The van der Waals surface area contributed by atoms with E-state index in [2.05, 4.69) is 25.6 Å². The van der Waals surface area contributed by atoms with Gasteiger partial charge in [-0.1, -0.05) is 25.1 Å². The van der Waals surface area contributed by atoms with E-state index in [4.69, 9.17) is 4.74 Å². The van der Waals surface area contributed by atoms with Crippen LogP contribution < -0.4 is 15.4 Å². The maximum atomic E-state index is 12.5. The van der Waals surface area contributed by atoms with Crippen LogP contribution in [0.1, 0.15) is 56.7 Å². The number of carbonyl (C=O) groups excluding carboxylic acids is 2. The minimum atomic E-state index is -3.67. The fraction of sp³-hybridized carbons (Fsp3) is 0.500. The van der Waals surface area contributed by atoms with Gasteiger partial charge in [0.25, 0.3) is 0 Å². The molecule has 180 valence electrons. The number of nitrogens with zero attached hydrogens (tertiary/aromatic N) is 1. The molecular weight excluding hydrogens is 446 g/mol. The molecule has 2 amide bonds. The highest BCUT2D eigenvalue weighted by molar-refractivity contribution is 7.89. The molecule has 1 aromatic carbocycles. The molecule has 1 fully saturated rings. The van der Waals surface area contributed by atoms with Crippen molar-refractivity contribution in [2.75, 3.05) is 12.4 Å². The van der Waals surface area contributed by atoms with Crippen LogP contribution in [0, 0.1) is 0 Å². The number of benzene rings is 1. The summed E-state index contributed by atoms with van der Waals surface area (Å²) in [6.07, 6.45) is 2.45. The van der Waals surface area contributed by atoms with E-state index in [0.717, 1.165) is 25.0 Å². The standard InChI is InChI=1S/C22H31N5O5S/c1-4-14(2)24-22(29)32-17-10-9-15(11-17)18-13-20(27-26-18)25-21(28)12-16-7-5-6-8-19(16)33(30,31)23-3/h5-8,13-15,17,23H,4,9-12H2,1-3H3,(H,24,29)(H2,25,26,27,28)/t14-,15-,17+/m0/s1. The summed E-state index contributed by atoms with van der Waals surface area (Å²) in [5, 5.41) is 12.6. The molecule has 33 heavy (non-hydrogen) atoms. The number of hydrogen-bond acceptors (Lipinski definition) is 6. The second-order valence-electron chi connectivity index (χ2n) is 8.24. The van der Waals surface area contributed by atoms with Gasteiger partial charge in [-0.05, 0) is 51.3 Å². The van der Waals surface area contributed by atoms with Crippen LogP contribution in [0.5, 0.6) is 0 Å². The van der Waals surface area contributed by atoms with Crippen LogP contribution in [0.15, 0.2) is 35.2 Å². The van der Waals surface area contributed by atoms with E-state index in [-0.39, 0.29) is 35.3 Å². The molecule has 0 spiro atoms. The molecule has 0 unspecified atom stereocenters. The monoisotopic (exact) mass is 477 g/mol. The van der Waals surface area contributed by atoms with Gasteiger partial charge in [-0.25, -0.2) is 17.9 Å². The average molecular weight is 478 g/mol. The first-order chi connectivity index (χ1) is 15.7. The molecule has 1 aliphatic rings. The summed E-state index contributed by atoms with van der Waals surface area (Å²) in [6, 6.07) is 8.20. The Kier molecular flexibility index (Phi) is 8.09. The van der Waals surface area contributed by atoms with Gasteiger partial charge in [0.05, 0.1) is 11.3 Å². The molecule has 2 aromatic rings. The molecule has 3 rings (SSSR count). The smallest absolute Gasteiger partial charge is 0.407 e. The molecule has 4 N–H and O–H groups in total. The van der Waals surface area contributed by atoms with E-state index in [1.54, 1.807) is 24.3 Å². The summed E-state index contributed by atoms with van der Waals surface area (Å²) in [6.45, 7) is 3.92. The Balaban J connectivity index is 1.56. The van der Waals surface area contributed by atoms with Crippen LogP contribution in [0.4, 0.5) is 10.6 Å². The zero-order valence-corrected chi connectivity index (χ0v) is 19.9. The number of amides is 2. The van der Waals surface area contributed by atoms with E-state index in [9.17, 15) is 18.0 Å². The number of nitrogens with one attached hydrogen (secondary N) is 4. The number of carbonyl (C=O) groups is 2. The Morgan fingerprint density at radius 3 is 2.76 bits per heavy atom. The number of hydrogen-bond donors (Lipinski definition) is 4. The molecule has 10 nitrogen and oxygen atoms in total. The second kappa shape index (κ2) is 10.8. The fourth-order valence-electron chi connectivity index (χ4n) is 3.81. The van der Waals surface area contributed by atoms with Crippen LogP contribution in [-0.4, -0.2) is 49.8 Å². The van der Waals surface area contributed by atoms with Gasteiger partial charge in [0, 0.05) is 23.7 Å². The number of aromatic nitrogens is 2. The van der Waals surface area contributed by atoms with Gasteiger partial charge in [-0.15, -0.1) is 0 Å². The van der Waals surface area contributed by atoms with Gasteiger partial charge in [-0.2, -0.15) is 5.10 Å². The van der Waals surface area contributed by atoms with Crippen LogP contribution in [-0.2, 0) is 26.0 Å². The Morgan fingerprint density at radius 1 is 1.27 bits per heavy atom. The molecule has 0 saturated heterocycles. The third-order valence-electron chi connectivity index (χ3n) is 5.82. The van der Waals surface area contributed by atoms with Crippen molar-refractivity contribution in [3.05, 3.63) is 41.6 Å². The largest absolute Gasteiger partial charge is 0.446 e. The van der Waals surface area contributed by atoms with Crippen LogP contribution >= 0.6 is 0 Å². The van der Waals surface area contributed by atoms with Crippen molar-refractivity contribution in [3.63, 3.8) is 0 Å². The quantitative estimate of drug-likeness (QED) is 0.437. The Bertz CT molecular complexity index is 1080. The molecular formula is C22H31N5O5S. The van der Waals surface area contributed by atoms with Crippen molar-refractivity contribution in [1.29, 1.82) is 0 Å². The zero-order valence-electron chi connectivity index (χ0n) is 19.1. The highest BCUT2D eigenvalue weighted by atomic mass is 32.2. The third kappa shape index (κ3) is 6.55. The van der Waals surface area contributed by atoms with E-state index < -0.39 is 16.1 Å². The van der Waals surface area contributed by atoms with Crippen LogP contribution in [0.3, 0.4) is 0 Å². The van der Waals surface area contributed by atoms with Crippen molar-refractivity contribution in [2.45, 2.75) is 68.9 Å². The van der Waals surface area contributed by atoms with Gasteiger partial charge in [0.15, 0.2) is 5.82 Å². The zero-order chi connectivity index (χ0) is 24.0. The molecule has 1 aliphatic carbocycles. The third-order valence-corrected chi connectivity index (χ3v) is 7.34. The first-order valence-corrected chi connectivity index (χ1v) is 12.5. The Morgan fingerprint density at radius 2 is 2.03 bits per heavy atom. The van der Waals surface area contributed by atoms with Gasteiger partial charge in [0.2, 0.25) is 15.9 Å². The van der Waals surface area contributed by atoms with E-state index in [1.165, 1.54) is 13.1 Å². The number of alkyl carbamates (subject to hydrolysis) is 1. The summed E-state index contributed by atoms with van der Waals surface area (Å²) in [4.78, 5) is 24.5. The average Bonchev–Trinajstić information content (AvgIpc) is 3.43. The van der Waals surface area contributed by atoms with Crippen molar-refractivity contribution < 1.29 is 22.7 Å². The van der Waals surface area contributed by atoms with Crippen molar-refractivity contribution in [1.82, 2.24) is 20.2 Å². The lowest BCUT2D eigenvalue weighted by Gasteiger charge is -2.16. The Labute approximate surface area is 193 Å². The molecule has 3 atom stereocenters. The Hall–Kier alpha value is -2.92. The molecule has 0 radical (unpaired) electrons. The predicted octanol–water partition coefficient (Wildman–Crippen LogP) is 2.66. The minimum Gasteiger partial charge on any atom is -0.446 e. The second-order valence-corrected chi connectivity index (χ2v) is 10.1. The van der Waals surface area contributed by atoms with Crippen molar-refractivity contribution in [3.8, 4) is 0 Å². The number of aromatic amines is 1. The van der Waals surface area contributed by atoms with Gasteiger partial charge in [-0.3, -0.25) is 9.89 Å². The molecule has 1 saturated carbocycles. The maximum Gasteiger partial charge on any atom is 0.407 e. The first-order valence-electron chi connectivity index (χ1n) is 11.1. The molecule has 0 bridgehead atoms. The van der Waals surface area contributed by atoms with E-state index >= 15 is 0 Å². The van der Waals surface area contributed by atoms with Gasteiger partial charge in [0.1, 0.15) is 6.10 Å². The number of rotatable bonds is 9. The predicted molar refractivity (Wildman–Crippen MR) is 123 cm³/mol. The topological polar surface area (TPSA) is 142 Å². The van der Waals surface area contributed by atoms with Crippen LogP contribution in [0.2, 0.25) is 0 Å². The maximum absolute atomic E-state index is 12.5. The summed E-state index contributed by atoms with van der Waals surface area (Å²) < 4.78 is 32.1. The molecule has 1 heterocycles. The summed E-state index contributed by atoms with van der Waals surface area (Å²) in [5.74, 6) is 0.134. The fourth-order valence-corrected chi connectivity index (χ4v) is 4.77. The van der Waals surface area contributed by atoms with Gasteiger partial charge >= 0.3 is 6.09 Å².